The number of aromatic nitrogens is 3. The van der Waals surface area contributed by atoms with Crippen molar-refractivity contribution < 1.29 is 4.52 Å². The minimum absolute atomic E-state index is 0.582. The molecule has 4 aromatic rings. The van der Waals surface area contributed by atoms with Gasteiger partial charge >= 0.3 is 0 Å². The van der Waals surface area contributed by atoms with Crippen LogP contribution in [0, 0.1) is 20.8 Å². The Bertz CT molecular complexity index is 1050. The summed E-state index contributed by atoms with van der Waals surface area (Å²) in [5.41, 5.74) is 6.66. The van der Waals surface area contributed by atoms with Gasteiger partial charge in [0.2, 0.25) is 5.58 Å². The summed E-state index contributed by atoms with van der Waals surface area (Å²) < 4.78 is 5.59. The van der Waals surface area contributed by atoms with Crippen molar-refractivity contribution in [2.24, 2.45) is 0 Å². The quantitative estimate of drug-likeness (QED) is 0.575. The van der Waals surface area contributed by atoms with E-state index in [2.05, 4.69) is 70.7 Å². The first-order chi connectivity index (χ1) is 12.6. The topological polar surface area (TPSA) is 63.8 Å². The summed E-state index contributed by atoms with van der Waals surface area (Å²) in [7, 11) is 0. The van der Waals surface area contributed by atoms with Crippen LogP contribution in [0.15, 0.2) is 53.1 Å². The van der Waals surface area contributed by atoms with Crippen molar-refractivity contribution in [3.8, 4) is 11.3 Å². The molecule has 130 valence electrons. The van der Waals surface area contributed by atoms with Crippen molar-refractivity contribution in [3.63, 3.8) is 0 Å². The normalized spacial score (nSPS) is 11.0. The first kappa shape index (κ1) is 16.3. The highest BCUT2D eigenvalue weighted by atomic mass is 16.5. The minimum Gasteiger partial charge on any atom is -0.363 e. The number of rotatable bonds is 4. The van der Waals surface area contributed by atoms with Gasteiger partial charge in [-0.3, -0.25) is 0 Å². The standard InChI is InChI=1S/C21H20N4O/c1-13-4-8-16(9-5-13)12-22-21-20-19(23-15(3)24-21)18(25-26-20)17-10-6-14(2)7-11-17/h4-11H,12H2,1-3H3,(H,22,23,24). The average molecular weight is 344 g/mol. The molecular weight excluding hydrogens is 324 g/mol. The lowest BCUT2D eigenvalue weighted by atomic mass is 10.1. The average Bonchev–Trinajstić information content (AvgIpc) is 3.05. The van der Waals surface area contributed by atoms with Crippen LogP contribution in [-0.2, 0) is 6.54 Å². The summed E-state index contributed by atoms with van der Waals surface area (Å²) in [5.74, 6) is 1.35. The van der Waals surface area contributed by atoms with Gasteiger partial charge in [0.25, 0.3) is 0 Å². The summed E-state index contributed by atoms with van der Waals surface area (Å²) in [6, 6.07) is 16.6. The molecule has 2 heterocycles. The van der Waals surface area contributed by atoms with Crippen LogP contribution in [0.1, 0.15) is 22.5 Å². The Morgan fingerprint density at radius 2 is 1.50 bits per heavy atom. The van der Waals surface area contributed by atoms with Gasteiger partial charge in [0.15, 0.2) is 5.82 Å². The third-order valence-electron chi connectivity index (χ3n) is 4.34. The summed E-state index contributed by atoms with van der Waals surface area (Å²) in [6.45, 7) is 6.68. The summed E-state index contributed by atoms with van der Waals surface area (Å²) in [4.78, 5) is 9.05. The van der Waals surface area contributed by atoms with E-state index in [0.29, 0.717) is 23.8 Å². The molecule has 2 aromatic carbocycles. The molecule has 0 amide bonds. The summed E-state index contributed by atoms with van der Waals surface area (Å²) in [5, 5.41) is 7.60. The van der Waals surface area contributed by atoms with Gasteiger partial charge in [-0.1, -0.05) is 64.8 Å². The largest absolute Gasteiger partial charge is 0.363 e. The molecule has 1 N–H and O–H groups in total. The van der Waals surface area contributed by atoms with E-state index < -0.39 is 0 Å². The molecule has 0 bridgehead atoms. The number of hydrogen-bond donors (Lipinski definition) is 1. The highest BCUT2D eigenvalue weighted by Gasteiger charge is 2.17. The Kier molecular flexibility index (Phi) is 4.13. The molecule has 0 unspecified atom stereocenters. The molecule has 5 nitrogen and oxygen atoms in total. The van der Waals surface area contributed by atoms with Gasteiger partial charge < -0.3 is 9.84 Å². The predicted molar refractivity (Wildman–Crippen MR) is 103 cm³/mol. The highest BCUT2D eigenvalue weighted by Crippen LogP contribution is 2.30. The number of fused-ring (bicyclic) bond motifs is 1. The summed E-state index contributed by atoms with van der Waals surface area (Å²) in [6.07, 6.45) is 0. The van der Waals surface area contributed by atoms with Crippen LogP contribution in [0.3, 0.4) is 0 Å². The lowest BCUT2D eigenvalue weighted by Crippen LogP contribution is -2.03. The second-order valence-electron chi connectivity index (χ2n) is 6.53. The molecule has 0 aliphatic heterocycles. The second kappa shape index (κ2) is 6.59. The summed E-state index contributed by atoms with van der Waals surface area (Å²) >= 11 is 0. The molecule has 4 rings (SSSR count). The molecule has 0 fully saturated rings. The fraction of sp³-hybridized carbons (Fsp3) is 0.190. The lowest BCUT2D eigenvalue weighted by Gasteiger charge is -2.07. The number of anilines is 1. The van der Waals surface area contributed by atoms with Gasteiger partial charge in [0, 0.05) is 12.1 Å². The van der Waals surface area contributed by atoms with Gasteiger partial charge in [-0.15, -0.1) is 0 Å². The monoisotopic (exact) mass is 344 g/mol. The number of nitrogens with one attached hydrogen (secondary N) is 1. The van der Waals surface area contributed by atoms with Crippen LogP contribution in [0.25, 0.3) is 22.4 Å². The van der Waals surface area contributed by atoms with Gasteiger partial charge in [-0.2, -0.15) is 0 Å². The van der Waals surface area contributed by atoms with E-state index in [9.17, 15) is 0 Å². The lowest BCUT2D eigenvalue weighted by molar-refractivity contribution is 0.459. The maximum atomic E-state index is 5.59. The van der Waals surface area contributed by atoms with E-state index in [1.54, 1.807) is 0 Å². The van der Waals surface area contributed by atoms with Crippen molar-refractivity contribution in [1.82, 2.24) is 15.1 Å². The first-order valence-corrected chi connectivity index (χ1v) is 8.60. The van der Waals surface area contributed by atoms with E-state index in [-0.39, 0.29) is 0 Å². The Morgan fingerprint density at radius 3 is 2.19 bits per heavy atom. The predicted octanol–water partition coefficient (Wildman–Crippen LogP) is 4.82. The van der Waals surface area contributed by atoms with E-state index in [1.165, 1.54) is 16.7 Å². The van der Waals surface area contributed by atoms with Gasteiger partial charge in [0.05, 0.1) is 0 Å². The maximum absolute atomic E-state index is 5.59. The first-order valence-electron chi connectivity index (χ1n) is 8.60. The third kappa shape index (κ3) is 3.16. The molecular formula is C21H20N4O. The van der Waals surface area contributed by atoms with E-state index >= 15 is 0 Å². The van der Waals surface area contributed by atoms with E-state index in [4.69, 9.17) is 4.52 Å². The Labute approximate surface area is 152 Å². The van der Waals surface area contributed by atoms with Crippen LogP contribution in [-0.4, -0.2) is 15.1 Å². The molecule has 0 radical (unpaired) electrons. The van der Waals surface area contributed by atoms with Gasteiger partial charge in [0.1, 0.15) is 17.0 Å². The number of benzene rings is 2. The minimum atomic E-state index is 0.582. The van der Waals surface area contributed by atoms with Crippen LogP contribution < -0.4 is 5.32 Å². The fourth-order valence-corrected chi connectivity index (χ4v) is 2.86. The number of nitrogens with zero attached hydrogens (tertiary/aromatic N) is 3. The van der Waals surface area contributed by atoms with E-state index in [1.807, 2.05) is 19.1 Å². The third-order valence-corrected chi connectivity index (χ3v) is 4.34. The van der Waals surface area contributed by atoms with Crippen LogP contribution >= 0.6 is 0 Å². The molecule has 0 atom stereocenters. The van der Waals surface area contributed by atoms with Crippen LogP contribution in [0.2, 0.25) is 0 Å². The molecule has 26 heavy (non-hydrogen) atoms. The molecule has 0 saturated carbocycles. The zero-order chi connectivity index (χ0) is 18.1. The maximum Gasteiger partial charge on any atom is 0.228 e. The van der Waals surface area contributed by atoms with Crippen molar-refractivity contribution in [3.05, 3.63) is 71.0 Å². The Hall–Kier alpha value is -3.21. The second-order valence-corrected chi connectivity index (χ2v) is 6.53. The smallest absolute Gasteiger partial charge is 0.228 e. The Morgan fingerprint density at radius 1 is 0.846 bits per heavy atom. The van der Waals surface area contributed by atoms with Crippen LogP contribution in [0.5, 0.6) is 0 Å². The van der Waals surface area contributed by atoms with Crippen molar-refractivity contribution >= 4 is 16.9 Å². The molecule has 0 saturated heterocycles. The Balaban J connectivity index is 1.69. The molecule has 0 spiro atoms. The zero-order valence-electron chi connectivity index (χ0n) is 15.1. The van der Waals surface area contributed by atoms with Crippen LogP contribution in [0.4, 0.5) is 5.82 Å². The number of hydrogen-bond acceptors (Lipinski definition) is 5. The van der Waals surface area contributed by atoms with Crippen molar-refractivity contribution in [1.29, 1.82) is 0 Å². The molecule has 2 aromatic heterocycles. The number of aryl methyl sites for hydroxylation is 3. The molecule has 0 aliphatic carbocycles. The van der Waals surface area contributed by atoms with Crippen molar-refractivity contribution in [2.45, 2.75) is 27.3 Å². The fourth-order valence-electron chi connectivity index (χ4n) is 2.86. The zero-order valence-corrected chi connectivity index (χ0v) is 15.1. The van der Waals surface area contributed by atoms with Gasteiger partial charge in [-0.05, 0) is 26.3 Å². The van der Waals surface area contributed by atoms with E-state index in [0.717, 1.165) is 16.8 Å². The molecule has 5 heteroatoms. The highest BCUT2D eigenvalue weighted by molar-refractivity contribution is 5.93. The van der Waals surface area contributed by atoms with Gasteiger partial charge in [-0.25, -0.2) is 9.97 Å². The molecule has 0 aliphatic rings. The van der Waals surface area contributed by atoms with Crippen molar-refractivity contribution in [2.75, 3.05) is 5.32 Å². The SMILES string of the molecule is Cc1ccc(CNc2nc(C)nc3c(-c4ccc(C)cc4)noc23)cc1.